The number of carbonyl (C=O) groups excluding carboxylic acids is 2. The third kappa shape index (κ3) is 2.45. The number of benzene rings is 1. The summed E-state index contributed by atoms with van der Waals surface area (Å²) in [5.41, 5.74) is 5.95. The molecule has 5 heteroatoms. The van der Waals surface area contributed by atoms with Crippen molar-refractivity contribution in [3.8, 4) is 0 Å². The molecule has 2 rings (SSSR count). The molecule has 0 aliphatic carbocycles. The quantitative estimate of drug-likeness (QED) is 0.801. The minimum atomic E-state index is -0.422. The predicted octanol–water partition coefficient (Wildman–Crippen LogP) is 0.912. The molecule has 2 N–H and O–H groups in total. The lowest BCUT2D eigenvalue weighted by Gasteiger charge is -2.38. The Morgan fingerprint density at radius 2 is 1.89 bits per heavy atom. The highest BCUT2D eigenvalue weighted by Gasteiger charge is 2.28. The Morgan fingerprint density at radius 3 is 2.44 bits per heavy atom. The van der Waals surface area contributed by atoms with Crippen LogP contribution in [0.1, 0.15) is 17.3 Å². The number of urea groups is 1. The zero-order valence-electron chi connectivity index (χ0n) is 10.4. The van der Waals surface area contributed by atoms with Gasteiger partial charge in [0.1, 0.15) is 0 Å². The standard InChI is InChI=1S/C13H17N3O2/c1-10-9-15(7-8-16(10)13(14)18)12(17)11-5-3-2-4-6-11/h2-6,10H,7-9H2,1H3,(H2,14,18). The molecule has 1 saturated heterocycles. The molecule has 18 heavy (non-hydrogen) atoms. The van der Waals surface area contributed by atoms with Crippen LogP contribution in [0.4, 0.5) is 4.79 Å². The van der Waals surface area contributed by atoms with Crippen molar-refractivity contribution in [1.29, 1.82) is 0 Å². The molecule has 1 fully saturated rings. The Morgan fingerprint density at radius 1 is 1.22 bits per heavy atom. The Kier molecular flexibility index (Phi) is 3.50. The van der Waals surface area contributed by atoms with Crippen molar-refractivity contribution in [3.63, 3.8) is 0 Å². The van der Waals surface area contributed by atoms with E-state index in [0.29, 0.717) is 25.2 Å². The van der Waals surface area contributed by atoms with Gasteiger partial charge in [-0.25, -0.2) is 4.79 Å². The van der Waals surface area contributed by atoms with E-state index in [2.05, 4.69) is 0 Å². The van der Waals surface area contributed by atoms with Crippen molar-refractivity contribution >= 4 is 11.9 Å². The Balaban J connectivity index is 2.05. The first-order valence-corrected chi connectivity index (χ1v) is 6.00. The van der Waals surface area contributed by atoms with Gasteiger partial charge in [0.05, 0.1) is 0 Å². The average Bonchev–Trinajstić information content (AvgIpc) is 2.38. The van der Waals surface area contributed by atoms with Crippen molar-refractivity contribution in [2.45, 2.75) is 13.0 Å². The summed E-state index contributed by atoms with van der Waals surface area (Å²) >= 11 is 0. The molecular formula is C13H17N3O2. The molecule has 0 spiro atoms. The molecule has 96 valence electrons. The predicted molar refractivity (Wildman–Crippen MR) is 68.1 cm³/mol. The monoisotopic (exact) mass is 247 g/mol. The van der Waals surface area contributed by atoms with Gasteiger partial charge >= 0.3 is 6.03 Å². The van der Waals surface area contributed by atoms with Crippen LogP contribution in [0.3, 0.4) is 0 Å². The summed E-state index contributed by atoms with van der Waals surface area (Å²) in [5.74, 6) is 0.00608. The van der Waals surface area contributed by atoms with Crippen molar-refractivity contribution in [2.24, 2.45) is 5.73 Å². The second kappa shape index (κ2) is 5.08. The first kappa shape index (κ1) is 12.4. The molecule has 1 aliphatic rings. The van der Waals surface area contributed by atoms with Crippen LogP contribution in [-0.2, 0) is 0 Å². The number of nitrogens with two attached hydrogens (primary N) is 1. The number of nitrogens with zero attached hydrogens (tertiary/aromatic N) is 2. The number of rotatable bonds is 1. The summed E-state index contributed by atoms with van der Waals surface area (Å²) in [6.45, 7) is 3.45. The number of primary amides is 1. The van der Waals surface area contributed by atoms with Gasteiger partial charge in [0, 0.05) is 31.2 Å². The molecule has 1 unspecified atom stereocenters. The summed E-state index contributed by atoms with van der Waals surface area (Å²) in [6, 6.07) is 8.70. The smallest absolute Gasteiger partial charge is 0.315 e. The summed E-state index contributed by atoms with van der Waals surface area (Å²) < 4.78 is 0. The maximum Gasteiger partial charge on any atom is 0.315 e. The van der Waals surface area contributed by atoms with E-state index in [4.69, 9.17) is 5.73 Å². The zero-order valence-corrected chi connectivity index (χ0v) is 10.4. The van der Waals surface area contributed by atoms with Crippen LogP contribution < -0.4 is 5.73 Å². The number of hydrogen-bond acceptors (Lipinski definition) is 2. The molecule has 1 aliphatic heterocycles. The zero-order chi connectivity index (χ0) is 13.1. The second-order valence-electron chi connectivity index (χ2n) is 4.50. The van der Waals surface area contributed by atoms with E-state index in [1.807, 2.05) is 25.1 Å². The first-order valence-electron chi connectivity index (χ1n) is 6.00. The topological polar surface area (TPSA) is 66.6 Å². The summed E-state index contributed by atoms with van der Waals surface area (Å²) in [7, 11) is 0. The van der Waals surface area contributed by atoms with E-state index < -0.39 is 6.03 Å². The first-order chi connectivity index (χ1) is 8.59. The fraction of sp³-hybridized carbons (Fsp3) is 0.385. The van der Waals surface area contributed by atoms with E-state index in [9.17, 15) is 9.59 Å². The van der Waals surface area contributed by atoms with Crippen LogP contribution in [0.5, 0.6) is 0 Å². The van der Waals surface area contributed by atoms with Crippen LogP contribution in [0.15, 0.2) is 30.3 Å². The largest absolute Gasteiger partial charge is 0.351 e. The van der Waals surface area contributed by atoms with Crippen LogP contribution >= 0.6 is 0 Å². The molecule has 5 nitrogen and oxygen atoms in total. The van der Waals surface area contributed by atoms with E-state index in [0.717, 1.165) is 0 Å². The molecule has 0 saturated carbocycles. The molecule has 1 atom stereocenters. The van der Waals surface area contributed by atoms with Gasteiger partial charge in [-0.1, -0.05) is 18.2 Å². The highest BCUT2D eigenvalue weighted by molar-refractivity contribution is 5.94. The Hall–Kier alpha value is -2.04. The minimum Gasteiger partial charge on any atom is -0.351 e. The summed E-state index contributed by atoms with van der Waals surface area (Å²) in [5, 5.41) is 0. The van der Waals surface area contributed by atoms with Crippen LogP contribution in [0.2, 0.25) is 0 Å². The maximum absolute atomic E-state index is 12.2. The van der Waals surface area contributed by atoms with Gasteiger partial charge in [0.2, 0.25) is 0 Å². The molecule has 0 radical (unpaired) electrons. The maximum atomic E-state index is 12.2. The van der Waals surface area contributed by atoms with Crippen LogP contribution in [-0.4, -0.2) is 47.4 Å². The molecule has 1 aromatic rings. The number of hydrogen-bond donors (Lipinski definition) is 1. The van der Waals surface area contributed by atoms with Gasteiger partial charge in [-0.15, -0.1) is 0 Å². The highest BCUT2D eigenvalue weighted by Crippen LogP contribution is 2.12. The van der Waals surface area contributed by atoms with Crippen molar-refractivity contribution in [2.75, 3.05) is 19.6 Å². The van der Waals surface area contributed by atoms with Crippen LogP contribution in [0.25, 0.3) is 0 Å². The van der Waals surface area contributed by atoms with E-state index in [1.54, 1.807) is 21.9 Å². The van der Waals surface area contributed by atoms with Gasteiger partial charge < -0.3 is 15.5 Å². The van der Waals surface area contributed by atoms with Gasteiger partial charge in [0.15, 0.2) is 0 Å². The molecule has 0 aromatic heterocycles. The summed E-state index contributed by atoms with van der Waals surface area (Å²) in [6.07, 6.45) is 0. The minimum absolute atomic E-state index is 0.00608. The number of piperazine rings is 1. The van der Waals surface area contributed by atoms with Gasteiger partial charge in [0.25, 0.3) is 5.91 Å². The SMILES string of the molecule is CC1CN(C(=O)c2ccccc2)CCN1C(N)=O. The van der Waals surface area contributed by atoms with Crippen molar-refractivity contribution < 1.29 is 9.59 Å². The molecule has 0 bridgehead atoms. The molecule has 1 heterocycles. The lowest BCUT2D eigenvalue weighted by atomic mass is 10.1. The normalized spacial score (nSPS) is 19.7. The van der Waals surface area contributed by atoms with Crippen LogP contribution in [0, 0.1) is 0 Å². The lowest BCUT2D eigenvalue weighted by Crippen LogP contribution is -2.56. The number of amides is 3. The molecule has 3 amide bonds. The Bertz CT molecular complexity index is 447. The molecule has 1 aromatic carbocycles. The third-order valence-corrected chi connectivity index (χ3v) is 3.22. The average molecular weight is 247 g/mol. The van der Waals surface area contributed by atoms with E-state index >= 15 is 0 Å². The lowest BCUT2D eigenvalue weighted by molar-refractivity contribution is 0.0588. The second-order valence-corrected chi connectivity index (χ2v) is 4.50. The van der Waals surface area contributed by atoms with Gasteiger partial charge in [-0.2, -0.15) is 0 Å². The summed E-state index contributed by atoms with van der Waals surface area (Å²) in [4.78, 5) is 26.7. The van der Waals surface area contributed by atoms with E-state index in [-0.39, 0.29) is 11.9 Å². The molecular weight excluding hydrogens is 230 g/mol. The fourth-order valence-electron chi connectivity index (χ4n) is 2.23. The fourth-order valence-corrected chi connectivity index (χ4v) is 2.23. The number of carbonyl (C=O) groups is 2. The highest BCUT2D eigenvalue weighted by atomic mass is 16.2. The van der Waals surface area contributed by atoms with Crippen molar-refractivity contribution in [3.05, 3.63) is 35.9 Å². The van der Waals surface area contributed by atoms with Crippen molar-refractivity contribution in [1.82, 2.24) is 9.80 Å². The van der Waals surface area contributed by atoms with Gasteiger partial charge in [-0.05, 0) is 19.1 Å². The van der Waals surface area contributed by atoms with Gasteiger partial charge in [-0.3, -0.25) is 4.79 Å². The Labute approximate surface area is 106 Å². The van der Waals surface area contributed by atoms with E-state index in [1.165, 1.54) is 0 Å². The third-order valence-electron chi connectivity index (χ3n) is 3.22.